The fourth-order valence-electron chi connectivity index (χ4n) is 3.45. The van der Waals surface area contributed by atoms with E-state index in [4.69, 9.17) is 9.47 Å². The van der Waals surface area contributed by atoms with Gasteiger partial charge in [-0.1, -0.05) is 50.2 Å². The van der Waals surface area contributed by atoms with Crippen molar-refractivity contribution in [2.75, 3.05) is 0 Å². The number of halogens is 1. The molecule has 0 atom stereocenters. The van der Waals surface area contributed by atoms with E-state index >= 15 is 0 Å². The topological polar surface area (TPSA) is 52.6 Å². The zero-order valence-electron chi connectivity index (χ0n) is 17.4. The highest BCUT2D eigenvalue weighted by Gasteiger charge is 2.30. The maximum Gasteiger partial charge on any atom is 0.344 e. The van der Waals surface area contributed by atoms with Gasteiger partial charge in [0.25, 0.3) is 0 Å². The molecule has 0 spiro atoms. The quantitative estimate of drug-likeness (QED) is 0.238. The van der Waals surface area contributed by atoms with Crippen LogP contribution in [-0.4, -0.2) is 11.8 Å². The average Bonchev–Trinajstić information content (AvgIpc) is 3.04. The lowest BCUT2D eigenvalue weighted by Gasteiger charge is -2.08. The molecular weight excluding hydrogens is 456 g/mol. The van der Waals surface area contributed by atoms with Gasteiger partial charge in [0.2, 0.25) is 5.78 Å². The molecule has 156 valence electrons. The number of esters is 1. The third-order valence-electron chi connectivity index (χ3n) is 5.15. The molecule has 5 heteroatoms. The molecule has 4 nitrogen and oxygen atoms in total. The van der Waals surface area contributed by atoms with E-state index in [1.54, 1.807) is 43.3 Å². The average molecular weight is 477 g/mol. The van der Waals surface area contributed by atoms with E-state index in [1.807, 2.05) is 30.3 Å². The van der Waals surface area contributed by atoms with E-state index in [0.29, 0.717) is 38.6 Å². The third kappa shape index (κ3) is 4.32. The molecular formula is C26H21BrO4. The number of fused-ring (bicyclic) bond motifs is 1. The minimum atomic E-state index is -0.489. The summed E-state index contributed by atoms with van der Waals surface area (Å²) in [5.74, 6) is 0.749. The Morgan fingerprint density at radius 1 is 1.06 bits per heavy atom. The summed E-state index contributed by atoms with van der Waals surface area (Å²) in [6, 6.07) is 18.3. The molecule has 4 rings (SSSR count). The van der Waals surface area contributed by atoms with Crippen LogP contribution in [0.3, 0.4) is 0 Å². The van der Waals surface area contributed by atoms with Crippen molar-refractivity contribution in [3.8, 4) is 11.5 Å². The van der Waals surface area contributed by atoms with Gasteiger partial charge in [0.1, 0.15) is 11.5 Å². The number of ketones is 1. The minimum absolute atomic E-state index is 0.177. The van der Waals surface area contributed by atoms with E-state index in [0.717, 1.165) is 5.56 Å². The lowest BCUT2D eigenvalue weighted by molar-refractivity contribution is 0.0733. The zero-order valence-corrected chi connectivity index (χ0v) is 19.0. The number of Topliss-reactive ketones (excluding diaryl/α,β-unsaturated/α-hetero) is 1. The Kier molecular flexibility index (Phi) is 5.79. The van der Waals surface area contributed by atoms with Crippen LogP contribution < -0.4 is 9.47 Å². The van der Waals surface area contributed by atoms with Gasteiger partial charge in [0.15, 0.2) is 5.76 Å². The molecule has 1 aliphatic rings. The SMILES string of the molecule is Cc1cc(OC(=O)c2ccccc2Br)cc2c1C(=O)/C(=C/c1ccc(C(C)C)cc1)O2. The fourth-order valence-corrected chi connectivity index (χ4v) is 3.90. The van der Waals surface area contributed by atoms with E-state index in [1.165, 1.54) is 5.56 Å². The Hall–Kier alpha value is -3.18. The minimum Gasteiger partial charge on any atom is -0.452 e. The predicted molar refractivity (Wildman–Crippen MR) is 124 cm³/mol. The second kappa shape index (κ2) is 8.52. The highest BCUT2D eigenvalue weighted by atomic mass is 79.9. The normalized spacial score (nSPS) is 14.0. The molecule has 0 radical (unpaired) electrons. The van der Waals surface area contributed by atoms with E-state index in [9.17, 15) is 9.59 Å². The molecule has 1 aliphatic heterocycles. The van der Waals surface area contributed by atoms with Crippen molar-refractivity contribution in [2.24, 2.45) is 0 Å². The van der Waals surface area contributed by atoms with Crippen molar-refractivity contribution in [1.82, 2.24) is 0 Å². The second-order valence-corrected chi connectivity index (χ2v) is 8.60. The first kappa shape index (κ1) is 21.1. The Bertz CT molecular complexity index is 1210. The Labute approximate surface area is 189 Å². The Morgan fingerprint density at radius 2 is 1.77 bits per heavy atom. The van der Waals surface area contributed by atoms with Crippen molar-refractivity contribution in [3.05, 3.63) is 98.7 Å². The molecule has 0 bridgehead atoms. The maximum atomic E-state index is 12.9. The van der Waals surface area contributed by atoms with E-state index in [2.05, 4.69) is 29.8 Å². The van der Waals surface area contributed by atoms with Gasteiger partial charge in [-0.25, -0.2) is 4.79 Å². The van der Waals surface area contributed by atoms with Crippen LogP contribution in [-0.2, 0) is 0 Å². The zero-order chi connectivity index (χ0) is 22.1. The van der Waals surface area contributed by atoms with Gasteiger partial charge in [-0.15, -0.1) is 0 Å². The molecule has 0 saturated carbocycles. The first-order chi connectivity index (χ1) is 14.8. The van der Waals surface area contributed by atoms with E-state index in [-0.39, 0.29) is 11.5 Å². The van der Waals surface area contributed by atoms with Crippen molar-refractivity contribution < 1.29 is 19.1 Å². The molecule has 0 N–H and O–H groups in total. The molecule has 0 aliphatic carbocycles. The molecule has 0 fully saturated rings. The van der Waals surface area contributed by atoms with Gasteiger partial charge < -0.3 is 9.47 Å². The summed E-state index contributed by atoms with van der Waals surface area (Å²) in [7, 11) is 0. The summed E-state index contributed by atoms with van der Waals surface area (Å²) in [5, 5.41) is 0. The standard InChI is InChI=1S/C26H21BrO4/c1-15(2)18-10-8-17(9-11-18)13-23-25(28)24-16(3)12-19(14-22(24)31-23)30-26(29)20-6-4-5-7-21(20)27/h4-15H,1-3H3/b23-13-. The number of carbonyl (C=O) groups excluding carboxylic acids is 2. The van der Waals surface area contributed by atoms with Crippen LogP contribution in [0.1, 0.15) is 57.2 Å². The lowest BCUT2D eigenvalue weighted by atomic mass is 10.0. The van der Waals surface area contributed by atoms with Crippen LogP contribution in [0.2, 0.25) is 0 Å². The van der Waals surface area contributed by atoms with Crippen LogP contribution in [0.4, 0.5) is 0 Å². The van der Waals surface area contributed by atoms with Crippen molar-refractivity contribution in [3.63, 3.8) is 0 Å². The number of hydrogen-bond donors (Lipinski definition) is 0. The molecule has 0 unspecified atom stereocenters. The molecule has 1 heterocycles. The van der Waals surface area contributed by atoms with Gasteiger partial charge in [-0.2, -0.15) is 0 Å². The first-order valence-corrected chi connectivity index (χ1v) is 10.8. The summed E-state index contributed by atoms with van der Waals surface area (Å²) in [5.41, 5.74) is 3.72. The molecule has 0 amide bonds. The smallest absolute Gasteiger partial charge is 0.344 e. The molecule has 3 aromatic rings. The monoisotopic (exact) mass is 476 g/mol. The second-order valence-electron chi connectivity index (χ2n) is 7.74. The van der Waals surface area contributed by atoms with Gasteiger partial charge in [-0.05, 0) is 69.7 Å². The number of hydrogen-bond acceptors (Lipinski definition) is 4. The highest BCUT2D eigenvalue weighted by Crippen LogP contribution is 2.38. The predicted octanol–water partition coefficient (Wildman–Crippen LogP) is 6.72. The van der Waals surface area contributed by atoms with Gasteiger partial charge >= 0.3 is 5.97 Å². The van der Waals surface area contributed by atoms with Crippen molar-refractivity contribution >= 4 is 33.8 Å². The summed E-state index contributed by atoms with van der Waals surface area (Å²) in [6.45, 7) is 6.07. The van der Waals surface area contributed by atoms with Crippen molar-refractivity contribution in [1.29, 1.82) is 0 Å². The Morgan fingerprint density at radius 3 is 2.45 bits per heavy atom. The number of ether oxygens (including phenoxy) is 2. The number of rotatable bonds is 4. The van der Waals surface area contributed by atoms with Crippen LogP contribution in [0.15, 0.2) is 70.9 Å². The van der Waals surface area contributed by atoms with Gasteiger partial charge in [0, 0.05) is 10.5 Å². The number of aryl methyl sites for hydroxylation is 1. The lowest BCUT2D eigenvalue weighted by Crippen LogP contribution is -2.09. The third-order valence-corrected chi connectivity index (χ3v) is 5.84. The van der Waals surface area contributed by atoms with Crippen LogP contribution in [0.25, 0.3) is 6.08 Å². The molecule has 0 saturated heterocycles. The first-order valence-electron chi connectivity index (χ1n) is 9.99. The van der Waals surface area contributed by atoms with Gasteiger partial charge in [0.05, 0.1) is 11.1 Å². The summed E-state index contributed by atoms with van der Waals surface area (Å²) in [6.07, 6.45) is 1.73. The Balaban J connectivity index is 1.59. The summed E-state index contributed by atoms with van der Waals surface area (Å²) < 4.78 is 12.0. The van der Waals surface area contributed by atoms with Crippen LogP contribution in [0, 0.1) is 6.92 Å². The molecule has 0 aromatic heterocycles. The van der Waals surface area contributed by atoms with Crippen LogP contribution in [0.5, 0.6) is 11.5 Å². The fraction of sp³-hybridized carbons (Fsp3) is 0.154. The largest absolute Gasteiger partial charge is 0.452 e. The summed E-state index contributed by atoms with van der Waals surface area (Å²) in [4.78, 5) is 25.4. The number of carbonyl (C=O) groups is 2. The summed E-state index contributed by atoms with van der Waals surface area (Å²) >= 11 is 3.36. The maximum absolute atomic E-state index is 12.9. The number of benzene rings is 3. The van der Waals surface area contributed by atoms with Crippen LogP contribution >= 0.6 is 15.9 Å². The highest BCUT2D eigenvalue weighted by molar-refractivity contribution is 9.10. The number of allylic oxidation sites excluding steroid dienone is 1. The van der Waals surface area contributed by atoms with Crippen molar-refractivity contribution in [2.45, 2.75) is 26.7 Å². The molecule has 3 aromatic carbocycles. The molecule has 31 heavy (non-hydrogen) atoms. The van der Waals surface area contributed by atoms with E-state index < -0.39 is 5.97 Å². The van der Waals surface area contributed by atoms with Gasteiger partial charge in [-0.3, -0.25) is 4.79 Å².